The number of halogens is 2. The standard InChI is InChI=1S/C26H34Cl2N2O2/c1-3-5-7-8-9-10-16-32-25-23(27)17-21(18-24(25)28)19-29-30-26(31)22-14-12-20(13-15-22)11-6-4-2/h12-15,17-19H,3-11,16H2,1-2H3,(H,30,31). The van der Waals surface area contributed by atoms with E-state index in [-0.39, 0.29) is 5.91 Å². The molecule has 0 saturated heterocycles. The molecule has 1 amide bonds. The van der Waals surface area contributed by atoms with Crippen LogP contribution in [-0.4, -0.2) is 18.7 Å². The van der Waals surface area contributed by atoms with Crippen LogP contribution in [0.15, 0.2) is 41.5 Å². The van der Waals surface area contributed by atoms with Crippen molar-refractivity contribution in [3.05, 3.63) is 63.1 Å². The third-order valence-electron chi connectivity index (χ3n) is 5.18. The molecule has 0 aliphatic rings. The van der Waals surface area contributed by atoms with Gasteiger partial charge in [-0.3, -0.25) is 4.79 Å². The quantitative estimate of drug-likeness (QED) is 0.171. The Bertz CT molecular complexity index is 844. The van der Waals surface area contributed by atoms with E-state index in [1.54, 1.807) is 12.1 Å². The van der Waals surface area contributed by atoms with E-state index in [4.69, 9.17) is 27.9 Å². The van der Waals surface area contributed by atoms with Crippen LogP contribution in [0.5, 0.6) is 5.75 Å². The van der Waals surface area contributed by atoms with Gasteiger partial charge in [0, 0.05) is 5.56 Å². The molecule has 1 N–H and O–H groups in total. The number of ether oxygens (including phenoxy) is 1. The van der Waals surface area contributed by atoms with E-state index in [1.807, 2.05) is 24.3 Å². The molecule has 0 unspecified atom stereocenters. The number of rotatable bonds is 14. The van der Waals surface area contributed by atoms with Crippen molar-refractivity contribution < 1.29 is 9.53 Å². The van der Waals surface area contributed by atoms with E-state index in [9.17, 15) is 4.79 Å². The van der Waals surface area contributed by atoms with E-state index in [0.29, 0.717) is 33.5 Å². The first-order valence-electron chi connectivity index (χ1n) is 11.6. The van der Waals surface area contributed by atoms with Gasteiger partial charge in [0.1, 0.15) is 0 Å². The van der Waals surface area contributed by atoms with Gasteiger partial charge >= 0.3 is 0 Å². The third kappa shape index (κ3) is 9.22. The summed E-state index contributed by atoms with van der Waals surface area (Å²) >= 11 is 12.7. The van der Waals surface area contributed by atoms with Crippen molar-refractivity contribution in [3.8, 4) is 5.75 Å². The molecule has 2 rings (SSSR count). The van der Waals surface area contributed by atoms with Crippen molar-refractivity contribution in [1.82, 2.24) is 5.43 Å². The number of amides is 1. The summed E-state index contributed by atoms with van der Waals surface area (Å²) in [6.45, 7) is 4.96. The summed E-state index contributed by atoms with van der Waals surface area (Å²) < 4.78 is 5.79. The van der Waals surface area contributed by atoms with Crippen LogP contribution in [0.3, 0.4) is 0 Å². The smallest absolute Gasteiger partial charge is 0.271 e. The second-order valence-corrected chi connectivity index (χ2v) is 8.74. The fraction of sp³-hybridized carbons (Fsp3) is 0.462. The zero-order chi connectivity index (χ0) is 23.2. The molecule has 0 bridgehead atoms. The van der Waals surface area contributed by atoms with E-state index in [1.165, 1.54) is 37.5 Å². The van der Waals surface area contributed by atoms with Crippen LogP contribution in [0.4, 0.5) is 0 Å². The average molecular weight is 477 g/mol. The summed E-state index contributed by atoms with van der Waals surface area (Å²) in [4.78, 5) is 12.3. The predicted octanol–water partition coefficient (Wildman–Crippen LogP) is 7.84. The Morgan fingerprint density at radius 2 is 1.56 bits per heavy atom. The molecular formula is C26H34Cl2N2O2. The zero-order valence-electron chi connectivity index (χ0n) is 19.1. The van der Waals surface area contributed by atoms with Crippen molar-refractivity contribution in [2.24, 2.45) is 5.10 Å². The SMILES string of the molecule is CCCCCCCCOc1c(Cl)cc(C=NNC(=O)c2ccc(CCCC)cc2)cc1Cl. The molecule has 0 aliphatic carbocycles. The van der Waals surface area contributed by atoms with Crippen LogP contribution in [0, 0.1) is 0 Å². The third-order valence-corrected chi connectivity index (χ3v) is 5.74. The largest absolute Gasteiger partial charge is 0.490 e. The van der Waals surface area contributed by atoms with E-state index in [0.717, 1.165) is 32.1 Å². The first kappa shape index (κ1) is 26.2. The van der Waals surface area contributed by atoms with Gasteiger partial charge in [0.25, 0.3) is 5.91 Å². The fourth-order valence-corrected chi connectivity index (χ4v) is 3.90. The molecule has 0 saturated carbocycles. The molecule has 32 heavy (non-hydrogen) atoms. The van der Waals surface area contributed by atoms with Gasteiger partial charge in [-0.25, -0.2) is 5.43 Å². The normalized spacial score (nSPS) is 11.1. The van der Waals surface area contributed by atoms with Gasteiger partial charge in [0.2, 0.25) is 0 Å². The highest BCUT2D eigenvalue weighted by atomic mass is 35.5. The lowest BCUT2D eigenvalue weighted by molar-refractivity contribution is 0.0955. The minimum absolute atomic E-state index is 0.264. The van der Waals surface area contributed by atoms with Gasteiger partial charge in [-0.2, -0.15) is 5.10 Å². The average Bonchev–Trinajstić information content (AvgIpc) is 2.79. The summed E-state index contributed by atoms with van der Waals surface area (Å²) in [5.41, 5.74) is 5.02. The zero-order valence-corrected chi connectivity index (χ0v) is 20.6. The van der Waals surface area contributed by atoms with Crippen LogP contribution < -0.4 is 10.2 Å². The lowest BCUT2D eigenvalue weighted by atomic mass is 10.1. The van der Waals surface area contributed by atoms with Gasteiger partial charge in [-0.1, -0.05) is 87.7 Å². The van der Waals surface area contributed by atoms with Crippen molar-refractivity contribution in [3.63, 3.8) is 0 Å². The first-order valence-corrected chi connectivity index (χ1v) is 12.3. The molecule has 174 valence electrons. The van der Waals surface area contributed by atoms with Gasteiger partial charge in [0.15, 0.2) is 5.75 Å². The van der Waals surface area contributed by atoms with Gasteiger partial charge < -0.3 is 4.74 Å². The van der Waals surface area contributed by atoms with Crippen molar-refractivity contribution >= 4 is 35.3 Å². The predicted molar refractivity (Wildman–Crippen MR) is 135 cm³/mol. The summed E-state index contributed by atoms with van der Waals surface area (Å²) in [5, 5.41) is 4.89. The first-order chi connectivity index (χ1) is 15.5. The number of benzene rings is 2. The number of aryl methyl sites for hydroxylation is 1. The Balaban J connectivity index is 1.84. The lowest BCUT2D eigenvalue weighted by Gasteiger charge is -2.11. The second kappa shape index (κ2) is 14.9. The number of carbonyl (C=O) groups is 1. The molecule has 2 aromatic carbocycles. The topological polar surface area (TPSA) is 50.7 Å². The molecule has 0 fully saturated rings. The van der Waals surface area contributed by atoms with Crippen molar-refractivity contribution in [2.45, 2.75) is 71.6 Å². The fourth-order valence-electron chi connectivity index (χ4n) is 3.28. The maximum atomic E-state index is 12.3. The van der Waals surface area contributed by atoms with Gasteiger partial charge in [-0.05, 0) is 54.7 Å². The Morgan fingerprint density at radius 1 is 0.938 bits per heavy atom. The number of hydrogen-bond acceptors (Lipinski definition) is 3. The van der Waals surface area contributed by atoms with Crippen molar-refractivity contribution in [2.75, 3.05) is 6.61 Å². The molecule has 0 atom stereocenters. The highest BCUT2D eigenvalue weighted by Crippen LogP contribution is 2.34. The van der Waals surface area contributed by atoms with Crippen LogP contribution in [-0.2, 0) is 6.42 Å². The summed E-state index contributed by atoms with van der Waals surface area (Å²) in [6.07, 6.45) is 12.0. The Labute approximate surface area is 202 Å². The monoisotopic (exact) mass is 476 g/mol. The molecular weight excluding hydrogens is 443 g/mol. The molecule has 6 heteroatoms. The highest BCUT2D eigenvalue weighted by molar-refractivity contribution is 6.37. The molecule has 4 nitrogen and oxygen atoms in total. The number of nitrogens with zero attached hydrogens (tertiary/aromatic N) is 1. The summed E-state index contributed by atoms with van der Waals surface area (Å²) in [7, 11) is 0. The molecule has 2 aromatic rings. The number of hydrogen-bond donors (Lipinski definition) is 1. The van der Waals surface area contributed by atoms with Crippen LogP contribution in [0.2, 0.25) is 10.0 Å². The van der Waals surface area contributed by atoms with E-state index >= 15 is 0 Å². The molecule has 0 spiro atoms. The van der Waals surface area contributed by atoms with Crippen LogP contribution in [0.25, 0.3) is 0 Å². The molecule has 0 heterocycles. The minimum Gasteiger partial charge on any atom is -0.490 e. The van der Waals surface area contributed by atoms with Crippen molar-refractivity contribution in [1.29, 1.82) is 0 Å². The maximum Gasteiger partial charge on any atom is 0.271 e. The van der Waals surface area contributed by atoms with Gasteiger partial charge in [0.05, 0.1) is 22.9 Å². The highest BCUT2D eigenvalue weighted by Gasteiger charge is 2.10. The van der Waals surface area contributed by atoms with E-state index in [2.05, 4.69) is 24.4 Å². The minimum atomic E-state index is -0.264. The molecule has 0 aromatic heterocycles. The molecule has 0 aliphatic heterocycles. The van der Waals surface area contributed by atoms with E-state index < -0.39 is 0 Å². The number of hydrazone groups is 1. The summed E-state index contributed by atoms with van der Waals surface area (Å²) in [5.74, 6) is 0.227. The second-order valence-electron chi connectivity index (χ2n) is 7.93. The number of unbranched alkanes of at least 4 members (excludes halogenated alkanes) is 6. The summed E-state index contributed by atoms with van der Waals surface area (Å²) in [6, 6.07) is 11.1. The lowest BCUT2D eigenvalue weighted by Crippen LogP contribution is -2.17. The Morgan fingerprint density at radius 3 is 2.22 bits per heavy atom. The van der Waals surface area contributed by atoms with Gasteiger partial charge in [-0.15, -0.1) is 0 Å². The van der Waals surface area contributed by atoms with Crippen LogP contribution >= 0.6 is 23.2 Å². The Kier molecular flexibility index (Phi) is 12.2. The Hall–Kier alpha value is -2.04. The molecule has 0 radical (unpaired) electrons. The van der Waals surface area contributed by atoms with Crippen LogP contribution in [0.1, 0.15) is 86.7 Å². The number of nitrogens with one attached hydrogen (secondary N) is 1. The maximum absolute atomic E-state index is 12.3. The number of carbonyl (C=O) groups excluding carboxylic acids is 1.